The number of carbonyl (C=O) groups is 1. The number of carbonyl (C=O) groups excluding carboxylic acids is 1. The van der Waals surface area contributed by atoms with E-state index in [1.165, 1.54) is 0 Å². The lowest BCUT2D eigenvalue weighted by molar-refractivity contribution is -0.108. The molecule has 0 fully saturated rings. The molecule has 0 bridgehead atoms. The summed E-state index contributed by atoms with van der Waals surface area (Å²) < 4.78 is 1.62. The Morgan fingerprint density at radius 1 is 1.67 bits per heavy atom. The number of rotatable bonds is 3. The molecule has 0 radical (unpaired) electrons. The maximum atomic E-state index is 9.84. The molecule has 0 saturated carbocycles. The Morgan fingerprint density at radius 3 is 3.11 bits per heavy atom. The largest absolute Gasteiger partial charge is 0.303 e. The summed E-state index contributed by atoms with van der Waals surface area (Å²) >= 11 is 0. The van der Waals surface area contributed by atoms with Crippen molar-refractivity contribution in [2.24, 2.45) is 0 Å². The predicted octanol–water partition coefficient (Wildman–Crippen LogP) is -0.133. The molecule has 4 heteroatoms. The SMILES string of the molecule is O=CCCn1ccnn1. The van der Waals surface area contributed by atoms with Crippen molar-refractivity contribution >= 4 is 6.29 Å². The van der Waals surface area contributed by atoms with E-state index in [1.807, 2.05) is 0 Å². The molecule has 0 amide bonds. The molecule has 1 heterocycles. The first kappa shape index (κ1) is 5.94. The van der Waals surface area contributed by atoms with Crippen molar-refractivity contribution in [1.29, 1.82) is 0 Å². The van der Waals surface area contributed by atoms with Crippen molar-refractivity contribution in [2.75, 3.05) is 0 Å². The zero-order chi connectivity index (χ0) is 6.53. The number of hydrogen-bond acceptors (Lipinski definition) is 3. The van der Waals surface area contributed by atoms with Crippen molar-refractivity contribution in [2.45, 2.75) is 13.0 Å². The fourth-order valence-corrected chi connectivity index (χ4v) is 0.537. The summed E-state index contributed by atoms with van der Waals surface area (Å²) in [5.41, 5.74) is 0. The van der Waals surface area contributed by atoms with Crippen LogP contribution < -0.4 is 0 Å². The third-order valence-corrected chi connectivity index (χ3v) is 0.948. The summed E-state index contributed by atoms with van der Waals surface area (Å²) in [6.45, 7) is 0.628. The molecule has 1 aromatic heterocycles. The summed E-state index contributed by atoms with van der Waals surface area (Å²) in [6.07, 6.45) is 4.68. The van der Waals surface area contributed by atoms with Crippen molar-refractivity contribution in [3.8, 4) is 0 Å². The lowest BCUT2D eigenvalue weighted by atomic mass is 10.5. The van der Waals surface area contributed by atoms with Gasteiger partial charge in [-0.3, -0.25) is 4.68 Å². The summed E-state index contributed by atoms with van der Waals surface area (Å²) in [6, 6.07) is 0. The smallest absolute Gasteiger partial charge is 0.121 e. The first-order chi connectivity index (χ1) is 4.43. The Morgan fingerprint density at radius 2 is 2.56 bits per heavy atom. The Balaban J connectivity index is 2.38. The van der Waals surface area contributed by atoms with Gasteiger partial charge in [0.15, 0.2) is 0 Å². The zero-order valence-corrected chi connectivity index (χ0v) is 4.90. The van der Waals surface area contributed by atoms with E-state index in [0.717, 1.165) is 6.29 Å². The van der Waals surface area contributed by atoms with Gasteiger partial charge in [0, 0.05) is 19.2 Å². The van der Waals surface area contributed by atoms with Gasteiger partial charge in [0.2, 0.25) is 0 Å². The molecule has 9 heavy (non-hydrogen) atoms. The molecule has 0 saturated heterocycles. The maximum absolute atomic E-state index is 9.84. The lowest BCUT2D eigenvalue weighted by Gasteiger charge is -1.90. The van der Waals surface area contributed by atoms with Crippen LogP contribution in [0.4, 0.5) is 0 Å². The normalized spacial score (nSPS) is 9.33. The fourth-order valence-electron chi connectivity index (χ4n) is 0.537. The van der Waals surface area contributed by atoms with Crippen LogP contribution in [0, 0.1) is 0 Å². The van der Waals surface area contributed by atoms with E-state index in [-0.39, 0.29) is 0 Å². The third kappa shape index (κ3) is 1.64. The Hall–Kier alpha value is -1.19. The number of aryl methyl sites for hydroxylation is 1. The molecule has 0 atom stereocenters. The maximum Gasteiger partial charge on any atom is 0.121 e. The molecule has 0 N–H and O–H groups in total. The summed E-state index contributed by atoms with van der Waals surface area (Å²) in [4.78, 5) is 9.84. The predicted molar refractivity (Wildman–Crippen MR) is 30.7 cm³/mol. The first-order valence-electron chi connectivity index (χ1n) is 2.71. The topological polar surface area (TPSA) is 47.8 Å². The Bertz CT molecular complexity index is 170. The highest BCUT2D eigenvalue weighted by Crippen LogP contribution is 1.82. The number of aromatic nitrogens is 3. The molecule has 0 aliphatic heterocycles. The van der Waals surface area contributed by atoms with Gasteiger partial charge >= 0.3 is 0 Å². The molecule has 4 nitrogen and oxygen atoms in total. The van der Waals surface area contributed by atoms with Gasteiger partial charge in [-0.2, -0.15) is 0 Å². The number of nitrogens with zero attached hydrogens (tertiary/aromatic N) is 3. The van der Waals surface area contributed by atoms with E-state index in [0.29, 0.717) is 13.0 Å². The van der Waals surface area contributed by atoms with E-state index in [2.05, 4.69) is 10.3 Å². The second kappa shape index (κ2) is 2.96. The molecular weight excluding hydrogens is 118 g/mol. The van der Waals surface area contributed by atoms with Gasteiger partial charge in [-0.05, 0) is 0 Å². The van der Waals surface area contributed by atoms with E-state index in [1.54, 1.807) is 17.1 Å². The average Bonchev–Trinajstić information content (AvgIpc) is 2.34. The van der Waals surface area contributed by atoms with E-state index < -0.39 is 0 Å². The second-order valence-corrected chi connectivity index (χ2v) is 1.62. The Labute approximate surface area is 52.5 Å². The van der Waals surface area contributed by atoms with Crippen LogP contribution in [-0.2, 0) is 11.3 Å². The Kier molecular flexibility index (Phi) is 1.95. The minimum absolute atomic E-state index is 0.503. The zero-order valence-electron chi connectivity index (χ0n) is 4.90. The van der Waals surface area contributed by atoms with Crippen LogP contribution in [0.5, 0.6) is 0 Å². The van der Waals surface area contributed by atoms with Gasteiger partial charge in [0.1, 0.15) is 6.29 Å². The lowest BCUT2D eigenvalue weighted by Crippen LogP contribution is -1.98. The van der Waals surface area contributed by atoms with Crippen molar-refractivity contribution < 1.29 is 4.79 Å². The van der Waals surface area contributed by atoms with Gasteiger partial charge in [-0.1, -0.05) is 5.21 Å². The van der Waals surface area contributed by atoms with Crippen LogP contribution in [0.25, 0.3) is 0 Å². The minimum Gasteiger partial charge on any atom is -0.303 e. The van der Waals surface area contributed by atoms with E-state index in [4.69, 9.17) is 0 Å². The third-order valence-electron chi connectivity index (χ3n) is 0.948. The van der Waals surface area contributed by atoms with Gasteiger partial charge in [0.05, 0.1) is 6.20 Å². The molecule has 1 aromatic rings. The van der Waals surface area contributed by atoms with Crippen LogP contribution in [0.15, 0.2) is 12.4 Å². The van der Waals surface area contributed by atoms with Crippen LogP contribution in [0.3, 0.4) is 0 Å². The molecule has 48 valence electrons. The highest BCUT2D eigenvalue weighted by atomic mass is 16.1. The van der Waals surface area contributed by atoms with Crippen molar-refractivity contribution in [1.82, 2.24) is 15.0 Å². The average molecular weight is 125 g/mol. The van der Waals surface area contributed by atoms with Crippen LogP contribution in [0.2, 0.25) is 0 Å². The van der Waals surface area contributed by atoms with E-state index in [9.17, 15) is 4.79 Å². The van der Waals surface area contributed by atoms with Gasteiger partial charge in [-0.15, -0.1) is 5.10 Å². The summed E-state index contributed by atoms with van der Waals surface area (Å²) in [5.74, 6) is 0. The molecule has 0 aliphatic carbocycles. The monoisotopic (exact) mass is 125 g/mol. The van der Waals surface area contributed by atoms with Crippen LogP contribution in [-0.4, -0.2) is 21.3 Å². The molecule has 1 rings (SSSR count). The number of aldehydes is 1. The summed E-state index contributed by atoms with van der Waals surface area (Å²) in [5, 5.41) is 7.23. The molecule has 0 aromatic carbocycles. The van der Waals surface area contributed by atoms with Crippen LogP contribution in [0.1, 0.15) is 6.42 Å². The van der Waals surface area contributed by atoms with Crippen molar-refractivity contribution in [3.63, 3.8) is 0 Å². The molecule has 0 unspecified atom stereocenters. The summed E-state index contributed by atoms with van der Waals surface area (Å²) in [7, 11) is 0. The minimum atomic E-state index is 0.503. The molecule has 0 spiro atoms. The van der Waals surface area contributed by atoms with Crippen LogP contribution >= 0.6 is 0 Å². The quantitative estimate of drug-likeness (QED) is 0.528. The highest BCUT2D eigenvalue weighted by molar-refractivity contribution is 5.48. The number of hydrogen-bond donors (Lipinski definition) is 0. The van der Waals surface area contributed by atoms with Gasteiger partial charge < -0.3 is 4.79 Å². The van der Waals surface area contributed by atoms with Crippen molar-refractivity contribution in [3.05, 3.63) is 12.4 Å². The first-order valence-corrected chi connectivity index (χ1v) is 2.71. The standard InChI is InChI=1S/C5H7N3O/c9-5-1-3-8-4-2-6-7-8/h2,4-5H,1,3H2. The van der Waals surface area contributed by atoms with Gasteiger partial charge in [0.25, 0.3) is 0 Å². The van der Waals surface area contributed by atoms with Gasteiger partial charge in [-0.25, -0.2) is 0 Å². The molecule has 0 aliphatic rings. The highest BCUT2D eigenvalue weighted by Gasteiger charge is 1.86. The second-order valence-electron chi connectivity index (χ2n) is 1.62. The molecular formula is C5H7N3O. The van der Waals surface area contributed by atoms with E-state index >= 15 is 0 Å². The fraction of sp³-hybridized carbons (Fsp3) is 0.400.